The molecule has 0 saturated heterocycles. The lowest BCUT2D eigenvalue weighted by atomic mass is 9.78. The average molecular weight is 311 g/mol. The van der Waals surface area contributed by atoms with E-state index in [0.29, 0.717) is 35.3 Å². The zero-order valence-corrected chi connectivity index (χ0v) is 14.1. The van der Waals surface area contributed by atoms with E-state index in [2.05, 4.69) is 29.3 Å². The van der Waals surface area contributed by atoms with Crippen LogP contribution in [0.4, 0.5) is 0 Å². The van der Waals surface area contributed by atoms with Gasteiger partial charge in [-0.3, -0.25) is 4.79 Å². The molecule has 1 heterocycles. The maximum absolute atomic E-state index is 12.1. The van der Waals surface area contributed by atoms with Crippen molar-refractivity contribution in [1.29, 1.82) is 0 Å². The maximum Gasteiger partial charge on any atom is 0.239 e. The van der Waals surface area contributed by atoms with E-state index in [-0.39, 0.29) is 11.2 Å². The third kappa shape index (κ3) is 4.46. The van der Waals surface area contributed by atoms with Crippen LogP contribution in [0.2, 0.25) is 0 Å². The van der Waals surface area contributed by atoms with Crippen LogP contribution < -0.4 is 5.32 Å². The molecular weight excluding hydrogens is 286 g/mol. The summed E-state index contributed by atoms with van der Waals surface area (Å²) < 4.78 is 5.13. The summed E-state index contributed by atoms with van der Waals surface area (Å²) in [7, 11) is 0. The van der Waals surface area contributed by atoms with Gasteiger partial charge in [-0.2, -0.15) is 4.98 Å². The van der Waals surface area contributed by atoms with Gasteiger partial charge in [0.25, 0.3) is 0 Å². The van der Waals surface area contributed by atoms with Crippen LogP contribution in [0.5, 0.6) is 0 Å². The Kier molecular flexibility index (Phi) is 5.67. The van der Waals surface area contributed by atoms with Crippen LogP contribution in [0.1, 0.15) is 57.0 Å². The summed E-state index contributed by atoms with van der Waals surface area (Å²) in [6, 6.07) is 0.322. The molecule has 0 spiro atoms. The molecule has 1 aromatic heterocycles. The predicted octanol–water partition coefficient (Wildman–Crippen LogP) is 3.11. The molecule has 2 rings (SSSR count). The lowest BCUT2D eigenvalue weighted by Gasteiger charge is -2.34. The fourth-order valence-electron chi connectivity index (χ4n) is 2.78. The van der Waals surface area contributed by atoms with Crippen LogP contribution in [0.3, 0.4) is 0 Å². The van der Waals surface area contributed by atoms with Crippen molar-refractivity contribution >= 4 is 17.7 Å². The highest BCUT2D eigenvalue weighted by atomic mass is 32.2. The number of thioether (sulfide) groups is 1. The topological polar surface area (TPSA) is 68.0 Å². The molecule has 4 atom stereocenters. The number of nitrogens with one attached hydrogen (secondary N) is 1. The number of hydrogen-bond donors (Lipinski definition) is 1. The van der Waals surface area contributed by atoms with Crippen molar-refractivity contribution in [3.05, 3.63) is 11.7 Å². The summed E-state index contributed by atoms with van der Waals surface area (Å²) in [5.41, 5.74) is 0. The molecule has 0 aromatic carbocycles. The normalized spacial score (nSPS) is 27.3. The van der Waals surface area contributed by atoms with Gasteiger partial charge in [-0.05, 0) is 32.1 Å². The standard InChI is InChI=1S/C15H25N3O2S/c1-9-6-5-7-13(10(9)2)17-14(19)8-21-11(3)15-16-12(4)18-20-15/h9-11,13H,5-8H2,1-4H3,(H,17,19)/t9-,10+,11+,13-/m1/s1. The second-order valence-electron chi connectivity index (χ2n) is 6.07. The van der Waals surface area contributed by atoms with Crippen LogP contribution in [0.25, 0.3) is 0 Å². The predicted molar refractivity (Wildman–Crippen MR) is 84.0 cm³/mol. The fourth-order valence-corrected chi connectivity index (χ4v) is 3.51. The van der Waals surface area contributed by atoms with Crippen LogP contribution >= 0.6 is 11.8 Å². The molecular formula is C15H25N3O2S. The summed E-state index contributed by atoms with van der Waals surface area (Å²) in [6.07, 6.45) is 3.58. The third-order valence-corrected chi connectivity index (χ3v) is 5.54. The molecule has 0 bridgehead atoms. The highest BCUT2D eigenvalue weighted by Crippen LogP contribution is 2.30. The van der Waals surface area contributed by atoms with Crippen molar-refractivity contribution in [3.8, 4) is 0 Å². The van der Waals surface area contributed by atoms with Crippen LogP contribution in [0, 0.1) is 18.8 Å². The molecule has 1 aromatic rings. The summed E-state index contributed by atoms with van der Waals surface area (Å²) in [5, 5.41) is 7.00. The van der Waals surface area contributed by atoms with Gasteiger partial charge in [0.1, 0.15) is 0 Å². The largest absolute Gasteiger partial charge is 0.352 e. The van der Waals surface area contributed by atoms with Crippen LogP contribution in [0.15, 0.2) is 4.52 Å². The van der Waals surface area contributed by atoms with Crippen molar-refractivity contribution in [2.45, 2.75) is 58.2 Å². The number of rotatable bonds is 5. The quantitative estimate of drug-likeness (QED) is 0.905. The van der Waals surface area contributed by atoms with E-state index in [0.717, 1.165) is 6.42 Å². The molecule has 6 heteroatoms. The van der Waals surface area contributed by atoms with Gasteiger partial charge in [-0.1, -0.05) is 31.8 Å². The van der Waals surface area contributed by atoms with Gasteiger partial charge in [-0.25, -0.2) is 0 Å². The molecule has 1 saturated carbocycles. The van der Waals surface area contributed by atoms with Crippen LogP contribution in [-0.2, 0) is 4.79 Å². The molecule has 21 heavy (non-hydrogen) atoms. The smallest absolute Gasteiger partial charge is 0.239 e. The van der Waals surface area contributed by atoms with E-state index in [9.17, 15) is 4.79 Å². The molecule has 1 fully saturated rings. The van der Waals surface area contributed by atoms with Crippen molar-refractivity contribution in [2.24, 2.45) is 11.8 Å². The van der Waals surface area contributed by atoms with E-state index in [4.69, 9.17) is 4.52 Å². The lowest BCUT2D eigenvalue weighted by Crippen LogP contribution is -2.44. The molecule has 0 aliphatic heterocycles. The highest BCUT2D eigenvalue weighted by Gasteiger charge is 2.28. The molecule has 118 valence electrons. The number of aryl methyl sites for hydroxylation is 1. The SMILES string of the molecule is Cc1noc([C@H](C)SCC(=O)N[C@@H]2CCC[C@@H](C)[C@@H]2C)n1. The van der Waals surface area contributed by atoms with Crippen molar-refractivity contribution in [2.75, 3.05) is 5.75 Å². The van der Waals surface area contributed by atoms with Gasteiger partial charge in [0.15, 0.2) is 5.82 Å². The Morgan fingerprint density at radius 3 is 2.90 bits per heavy atom. The van der Waals surface area contributed by atoms with E-state index < -0.39 is 0 Å². The molecule has 1 amide bonds. The van der Waals surface area contributed by atoms with Gasteiger partial charge >= 0.3 is 0 Å². The van der Waals surface area contributed by atoms with E-state index in [1.165, 1.54) is 24.6 Å². The molecule has 1 aliphatic carbocycles. The Balaban J connectivity index is 1.77. The monoisotopic (exact) mass is 311 g/mol. The summed E-state index contributed by atoms with van der Waals surface area (Å²) in [6.45, 7) is 8.29. The molecule has 5 nitrogen and oxygen atoms in total. The number of carbonyl (C=O) groups is 1. The first-order valence-corrected chi connectivity index (χ1v) is 8.73. The van der Waals surface area contributed by atoms with Gasteiger partial charge < -0.3 is 9.84 Å². The van der Waals surface area contributed by atoms with Gasteiger partial charge in [-0.15, -0.1) is 11.8 Å². The lowest BCUT2D eigenvalue weighted by molar-refractivity contribution is -0.120. The Bertz CT molecular complexity index is 477. The zero-order valence-electron chi connectivity index (χ0n) is 13.3. The van der Waals surface area contributed by atoms with Gasteiger partial charge in [0, 0.05) is 6.04 Å². The minimum Gasteiger partial charge on any atom is -0.352 e. The Morgan fingerprint density at radius 2 is 2.24 bits per heavy atom. The fraction of sp³-hybridized carbons (Fsp3) is 0.800. The number of nitrogens with zero attached hydrogens (tertiary/aromatic N) is 2. The van der Waals surface area contributed by atoms with Crippen LogP contribution in [-0.4, -0.2) is 27.8 Å². The van der Waals surface area contributed by atoms with E-state index in [1.54, 1.807) is 6.92 Å². The second-order valence-corrected chi connectivity index (χ2v) is 7.40. The van der Waals surface area contributed by atoms with Gasteiger partial charge in [0.05, 0.1) is 11.0 Å². The van der Waals surface area contributed by atoms with Crippen molar-refractivity contribution in [3.63, 3.8) is 0 Å². The van der Waals surface area contributed by atoms with Crippen molar-refractivity contribution in [1.82, 2.24) is 15.5 Å². The third-order valence-electron chi connectivity index (χ3n) is 4.41. The summed E-state index contributed by atoms with van der Waals surface area (Å²) in [4.78, 5) is 16.3. The Hall–Kier alpha value is -1.04. The minimum absolute atomic E-state index is 0.0413. The zero-order chi connectivity index (χ0) is 15.4. The molecule has 0 unspecified atom stereocenters. The molecule has 0 radical (unpaired) electrons. The van der Waals surface area contributed by atoms with E-state index >= 15 is 0 Å². The molecule has 1 N–H and O–H groups in total. The summed E-state index contributed by atoms with van der Waals surface area (Å²) >= 11 is 1.53. The summed E-state index contributed by atoms with van der Waals surface area (Å²) in [5.74, 6) is 3.01. The minimum atomic E-state index is 0.0413. The first-order valence-electron chi connectivity index (χ1n) is 7.68. The second kappa shape index (κ2) is 7.29. The number of hydrogen-bond acceptors (Lipinski definition) is 5. The average Bonchev–Trinajstić information content (AvgIpc) is 2.88. The Morgan fingerprint density at radius 1 is 1.48 bits per heavy atom. The molecule has 1 aliphatic rings. The number of amides is 1. The van der Waals surface area contributed by atoms with Gasteiger partial charge in [0.2, 0.25) is 11.8 Å². The maximum atomic E-state index is 12.1. The number of aromatic nitrogens is 2. The number of carbonyl (C=O) groups excluding carboxylic acids is 1. The van der Waals surface area contributed by atoms with E-state index in [1.807, 2.05) is 6.92 Å². The first-order chi connectivity index (χ1) is 9.97. The Labute approximate surface area is 130 Å². The highest BCUT2D eigenvalue weighted by molar-refractivity contribution is 8.00. The van der Waals surface area contributed by atoms with Crippen molar-refractivity contribution < 1.29 is 9.32 Å². The first kappa shape index (κ1) is 16.3.